The summed E-state index contributed by atoms with van der Waals surface area (Å²) in [6.07, 6.45) is 1.63. The van der Waals surface area contributed by atoms with Crippen molar-refractivity contribution in [1.29, 1.82) is 0 Å². The van der Waals surface area contributed by atoms with Gasteiger partial charge in [0.2, 0.25) is 0 Å². The van der Waals surface area contributed by atoms with Gasteiger partial charge >= 0.3 is 0 Å². The molecule has 0 fully saturated rings. The van der Waals surface area contributed by atoms with Crippen LogP contribution in [0, 0.1) is 13.8 Å². The van der Waals surface area contributed by atoms with Gasteiger partial charge < -0.3 is 13.7 Å². The molecular formula is C24H21Cl2N5O3S. The van der Waals surface area contributed by atoms with Gasteiger partial charge in [0, 0.05) is 27.7 Å². The molecular weight excluding hydrogens is 509 g/mol. The number of carbonyl (C=O) groups excluding carboxylic acids is 1. The van der Waals surface area contributed by atoms with Crippen molar-refractivity contribution in [2.75, 3.05) is 5.75 Å². The Hall–Kier alpha value is -3.27. The number of halogens is 2. The van der Waals surface area contributed by atoms with Crippen molar-refractivity contribution in [3.05, 3.63) is 87.5 Å². The Kier molecular flexibility index (Phi) is 8.12. The SMILES string of the molecule is Cc1cc(/C=N\NC(=O)CSc2nnc(COc3ccc(Cl)cc3Cl)o2)c(C)n1-c1ccccc1. The highest BCUT2D eigenvalue weighted by atomic mass is 35.5. The largest absolute Gasteiger partial charge is 0.482 e. The number of hydrogen-bond acceptors (Lipinski definition) is 7. The lowest BCUT2D eigenvalue weighted by atomic mass is 10.2. The molecule has 0 unspecified atom stereocenters. The Morgan fingerprint density at radius 3 is 2.74 bits per heavy atom. The molecule has 1 N–H and O–H groups in total. The molecule has 0 radical (unpaired) electrons. The molecule has 1 amide bonds. The molecule has 180 valence electrons. The van der Waals surface area contributed by atoms with Gasteiger partial charge in [0.15, 0.2) is 6.61 Å². The summed E-state index contributed by atoms with van der Waals surface area (Å²) >= 11 is 13.0. The fourth-order valence-electron chi connectivity index (χ4n) is 3.31. The molecule has 2 aromatic heterocycles. The molecule has 0 spiro atoms. The van der Waals surface area contributed by atoms with Gasteiger partial charge in [0.1, 0.15) is 5.75 Å². The van der Waals surface area contributed by atoms with E-state index in [1.54, 1.807) is 24.4 Å². The number of para-hydroxylation sites is 1. The van der Waals surface area contributed by atoms with E-state index in [1.807, 2.05) is 50.2 Å². The monoisotopic (exact) mass is 529 g/mol. The summed E-state index contributed by atoms with van der Waals surface area (Å²) in [5.41, 5.74) is 6.62. The summed E-state index contributed by atoms with van der Waals surface area (Å²) in [5.74, 6) is 0.467. The van der Waals surface area contributed by atoms with Crippen LogP contribution in [0.3, 0.4) is 0 Å². The summed E-state index contributed by atoms with van der Waals surface area (Å²) in [5, 5.41) is 13.0. The Balaban J connectivity index is 1.26. The lowest BCUT2D eigenvalue weighted by Gasteiger charge is -2.08. The van der Waals surface area contributed by atoms with Crippen LogP contribution in [0.25, 0.3) is 5.69 Å². The van der Waals surface area contributed by atoms with Gasteiger partial charge in [-0.1, -0.05) is 53.2 Å². The number of nitrogens with one attached hydrogen (secondary N) is 1. The quantitative estimate of drug-likeness (QED) is 0.172. The first-order chi connectivity index (χ1) is 16.9. The summed E-state index contributed by atoms with van der Waals surface area (Å²) < 4.78 is 13.2. The van der Waals surface area contributed by atoms with Crippen molar-refractivity contribution in [1.82, 2.24) is 20.2 Å². The molecule has 0 aliphatic carbocycles. The minimum atomic E-state index is -0.299. The number of rotatable bonds is 9. The highest BCUT2D eigenvalue weighted by Gasteiger charge is 2.12. The maximum atomic E-state index is 12.2. The summed E-state index contributed by atoms with van der Waals surface area (Å²) in [6.45, 7) is 4.07. The van der Waals surface area contributed by atoms with Crippen molar-refractivity contribution >= 4 is 47.1 Å². The van der Waals surface area contributed by atoms with E-state index < -0.39 is 0 Å². The lowest BCUT2D eigenvalue weighted by Crippen LogP contribution is -2.19. The molecule has 8 nitrogen and oxygen atoms in total. The number of ether oxygens (including phenoxy) is 1. The van der Waals surface area contributed by atoms with E-state index >= 15 is 0 Å². The normalized spacial score (nSPS) is 11.2. The molecule has 4 aromatic rings. The predicted molar refractivity (Wildman–Crippen MR) is 137 cm³/mol. The number of benzene rings is 2. The average molecular weight is 530 g/mol. The summed E-state index contributed by atoms with van der Waals surface area (Å²) in [7, 11) is 0. The maximum absolute atomic E-state index is 12.2. The number of nitrogens with zero attached hydrogens (tertiary/aromatic N) is 4. The highest BCUT2D eigenvalue weighted by Crippen LogP contribution is 2.28. The average Bonchev–Trinajstić information content (AvgIpc) is 3.41. The molecule has 0 aliphatic heterocycles. The van der Waals surface area contributed by atoms with Crippen molar-refractivity contribution in [2.24, 2.45) is 5.10 Å². The van der Waals surface area contributed by atoms with Crippen molar-refractivity contribution in [2.45, 2.75) is 25.7 Å². The second kappa shape index (κ2) is 11.4. The predicted octanol–water partition coefficient (Wildman–Crippen LogP) is 5.61. The standard InChI is InChI=1S/C24H21Cl2N5O3S/c1-15-10-17(16(2)31(15)19-6-4-3-5-7-19)12-27-28-22(32)14-35-24-30-29-23(34-24)13-33-21-9-8-18(25)11-20(21)26/h3-12H,13-14H2,1-2H3,(H,28,32)/b27-12-. The zero-order chi connectivity index (χ0) is 24.8. The number of thioether (sulfide) groups is 1. The van der Waals surface area contributed by atoms with E-state index in [0.29, 0.717) is 15.8 Å². The van der Waals surface area contributed by atoms with Gasteiger partial charge in [-0.25, -0.2) is 5.43 Å². The van der Waals surface area contributed by atoms with E-state index in [1.165, 1.54) is 0 Å². The maximum Gasteiger partial charge on any atom is 0.277 e. The molecule has 4 rings (SSSR count). The van der Waals surface area contributed by atoms with Gasteiger partial charge in [-0.3, -0.25) is 4.79 Å². The zero-order valence-corrected chi connectivity index (χ0v) is 21.2. The van der Waals surface area contributed by atoms with E-state index in [4.69, 9.17) is 32.4 Å². The fraction of sp³-hybridized carbons (Fsp3) is 0.167. The van der Waals surface area contributed by atoms with Crippen molar-refractivity contribution < 1.29 is 13.9 Å². The van der Waals surface area contributed by atoms with Crippen LogP contribution in [0.1, 0.15) is 22.8 Å². The zero-order valence-electron chi connectivity index (χ0n) is 18.9. The topological polar surface area (TPSA) is 94.5 Å². The van der Waals surface area contributed by atoms with Gasteiger partial charge in [-0.15, -0.1) is 10.2 Å². The minimum Gasteiger partial charge on any atom is -0.482 e. The first-order valence-corrected chi connectivity index (χ1v) is 12.2. The van der Waals surface area contributed by atoms with Crippen molar-refractivity contribution in [3.63, 3.8) is 0 Å². The smallest absolute Gasteiger partial charge is 0.277 e. The highest BCUT2D eigenvalue weighted by molar-refractivity contribution is 7.99. The summed E-state index contributed by atoms with van der Waals surface area (Å²) in [4.78, 5) is 12.2. The fourth-order valence-corrected chi connectivity index (χ4v) is 4.35. The molecule has 11 heteroatoms. The molecule has 0 saturated heterocycles. The van der Waals surface area contributed by atoms with Crippen LogP contribution in [-0.4, -0.2) is 32.6 Å². The Labute approximate surface area is 216 Å². The number of carbonyl (C=O) groups is 1. The van der Waals surface area contributed by atoms with Crippen LogP contribution >= 0.6 is 35.0 Å². The van der Waals surface area contributed by atoms with E-state index in [-0.39, 0.29) is 29.4 Å². The number of hydrazone groups is 1. The molecule has 0 saturated carbocycles. The molecule has 0 bridgehead atoms. The van der Waals surface area contributed by atoms with Crippen molar-refractivity contribution in [3.8, 4) is 11.4 Å². The third kappa shape index (κ3) is 6.45. The van der Waals surface area contributed by atoms with Gasteiger partial charge in [-0.2, -0.15) is 5.10 Å². The van der Waals surface area contributed by atoms with Gasteiger partial charge in [-0.05, 0) is 50.2 Å². The third-order valence-electron chi connectivity index (χ3n) is 4.90. The van der Waals surface area contributed by atoms with E-state index in [0.717, 1.165) is 34.4 Å². The van der Waals surface area contributed by atoms with E-state index in [2.05, 4.69) is 25.3 Å². The second-order valence-electron chi connectivity index (χ2n) is 7.40. The number of aromatic nitrogens is 3. The van der Waals surface area contributed by atoms with Gasteiger partial charge in [0.05, 0.1) is 17.0 Å². The van der Waals surface area contributed by atoms with Crippen LogP contribution in [0.2, 0.25) is 10.0 Å². The van der Waals surface area contributed by atoms with Crippen LogP contribution in [0.15, 0.2) is 69.3 Å². The molecule has 0 aliphatic rings. The van der Waals surface area contributed by atoms with E-state index in [9.17, 15) is 4.79 Å². The molecule has 35 heavy (non-hydrogen) atoms. The number of hydrogen-bond donors (Lipinski definition) is 1. The lowest BCUT2D eigenvalue weighted by molar-refractivity contribution is -0.118. The van der Waals surface area contributed by atoms with Gasteiger partial charge in [0.25, 0.3) is 17.0 Å². The number of amides is 1. The Morgan fingerprint density at radius 2 is 1.97 bits per heavy atom. The Morgan fingerprint density at radius 1 is 1.17 bits per heavy atom. The minimum absolute atomic E-state index is 0.0345. The third-order valence-corrected chi connectivity index (χ3v) is 6.25. The molecule has 2 aromatic carbocycles. The number of aryl methyl sites for hydroxylation is 1. The van der Waals surface area contributed by atoms with Crippen LogP contribution < -0.4 is 10.2 Å². The summed E-state index contributed by atoms with van der Waals surface area (Å²) in [6, 6.07) is 17.0. The van der Waals surface area contributed by atoms with Crippen LogP contribution in [-0.2, 0) is 11.4 Å². The first-order valence-electron chi connectivity index (χ1n) is 10.5. The second-order valence-corrected chi connectivity index (χ2v) is 9.17. The van der Waals surface area contributed by atoms with Crippen LogP contribution in [0.5, 0.6) is 5.75 Å². The molecule has 2 heterocycles. The Bertz CT molecular complexity index is 1350. The first kappa shape index (κ1) is 24.8. The molecule has 0 atom stereocenters. The van der Waals surface area contributed by atoms with Crippen LogP contribution in [0.4, 0.5) is 0 Å².